The van der Waals surface area contributed by atoms with Crippen LogP contribution in [0.4, 0.5) is 0 Å². The van der Waals surface area contributed by atoms with E-state index in [1.54, 1.807) is 0 Å². The lowest BCUT2D eigenvalue weighted by Crippen LogP contribution is -2.30. The van der Waals surface area contributed by atoms with E-state index < -0.39 is 0 Å². The van der Waals surface area contributed by atoms with Gasteiger partial charge in [0.1, 0.15) is 0 Å². The number of halogens is 1. The van der Waals surface area contributed by atoms with Crippen molar-refractivity contribution in [3.05, 3.63) is 34.3 Å². The maximum atomic E-state index is 12.0. The van der Waals surface area contributed by atoms with Crippen LogP contribution in [-0.4, -0.2) is 23.7 Å². The quantitative estimate of drug-likeness (QED) is 0.836. The minimum atomic E-state index is -0.336. The molecule has 0 aromatic heterocycles. The van der Waals surface area contributed by atoms with Crippen molar-refractivity contribution < 1.29 is 9.90 Å². The summed E-state index contributed by atoms with van der Waals surface area (Å²) in [5, 5.41) is 12.6. The van der Waals surface area contributed by atoms with Gasteiger partial charge in [0, 0.05) is 16.9 Å². The van der Waals surface area contributed by atoms with E-state index in [0.717, 1.165) is 10.9 Å². The fourth-order valence-corrected chi connectivity index (χ4v) is 2.64. The molecular formula is C16H22BrNO2. The number of carbonyl (C=O) groups excluding carboxylic acids is 1. The third-order valence-corrected chi connectivity index (χ3v) is 4.46. The highest BCUT2D eigenvalue weighted by atomic mass is 79.9. The van der Waals surface area contributed by atoms with Crippen LogP contribution in [-0.2, 0) is 4.79 Å². The molecule has 0 spiro atoms. The lowest BCUT2D eigenvalue weighted by Gasteiger charge is -2.14. The molecule has 1 saturated carbocycles. The molecule has 0 heterocycles. The molecule has 2 N–H and O–H groups in total. The smallest absolute Gasteiger partial charge is 0.223 e. The third-order valence-electron chi connectivity index (χ3n) is 3.93. The molecule has 1 aromatic rings. The number of hydrogen-bond donors (Lipinski definition) is 2. The maximum Gasteiger partial charge on any atom is 0.223 e. The van der Waals surface area contributed by atoms with E-state index in [-0.39, 0.29) is 23.8 Å². The number of carbonyl (C=O) groups is 1. The van der Waals surface area contributed by atoms with Gasteiger partial charge in [0.2, 0.25) is 5.91 Å². The van der Waals surface area contributed by atoms with E-state index in [4.69, 9.17) is 0 Å². The van der Waals surface area contributed by atoms with Gasteiger partial charge < -0.3 is 10.4 Å². The second-order valence-corrected chi connectivity index (χ2v) is 6.81. The van der Waals surface area contributed by atoms with Gasteiger partial charge in [0.05, 0.1) is 6.10 Å². The standard InChI is InChI=1S/C16H22BrNO2/c1-10(2)15(19)7-8-18-16(20)14-9-13(14)11-3-5-12(17)6-4-11/h3-6,10,13-15,19H,7-9H2,1-2H3,(H,18,20). The summed E-state index contributed by atoms with van der Waals surface area (Å²) in [5.74, 6) is 0.822. The van der Waals surface area contributed by atoms with Gasteiger partial charge >= 0.3 is 0 Å². The Morgan fingerprint density at radius 1 is 1.40 bits per heavy atom. The first-order valence-corrected chi connectivity index (χ1v) is 7.99. The summed E-state index contributed by atoms with van der Waals surface area (Å²) in [5.41, 5.74) is 1.23. The SMILES string of the molecule is CC(C)C(O)CCNC(=O)C1CC1c1ccc(Br)cc1. The van der Waals surface area contributed by atoms with Crippen molar-refractivity contribution in [3.8, 4) is 0 Å². The zero-order valence-electron chi connectivity index (χ0n) is 12.0. The van der Waals surface area contributed by atoms with Crippen molar-refractivity contribution in [2.75, 3.05) is 6.54 Å². The lowest BCUT2D eigenvalue weighted by molar-refractivity contribution is -0.122. The average Bonchev–Trinajstić information content (AvgIpc) is 3.19. The number of benzene rings is 1. The molecule has 0 bridgehead atoms. The number of amides is 1. The van der Waals surface area contributed by atoms with E-state index in [1.165, 1.54) is 5.56 Å². The van der Waals surface area contributed by atoms with Crippen LogP contribution >= 0.6 is 15.9 Å². The van der Waals surface area contributed by atoms with E-state index in [1.807, 2.05) is 26.0 Å². The fraction of sp³-hybridized carbons (Fsp3) is 0.562. The van der Waals surface area contributed by atoms with Gasteiger partial charge in [-0.25, -0.2) is 0 Å². The highest BCUT2D eigenvalue weighted by molar-refractivity contribution is 9.10. The number of aliphatic hydroxyl groups excluding tert-OH is 1. The Morgan fingerprint density at radius 3 is 2.65 bits per heavy atom. The van der Waals surface area contributed by atoms with Crippen molar-refractivity contribution in [1.29, 1.82) is 0 Å². The van der Waals surface area contributed by atoms with E-state index in [2.05, 4.69) is 33.4 Å². The molecule has 2 rings (SSSR count). The monoisotopic (exact) mass is 339 g/mol. The number of hydrogen-bond acceptors (Lipinski definition) is 2. The zero-order chi connectivity index (χ0) is 14.7. The van der Waals surface area contributed by atoms with Gasteiger partial charge in [-0.3, -0.25) is 4.79 Å². The Kier molecular flexibility index (Phi) is 5.22. The molecule has 20 heavy (non-hydrogen) atoms. The summed E-state index contributed by atoms with van der Waals surface area (Å²) in [7, 11) is 0. The second-order valence-electron chi connectivity index (χ2n) is 5.89. The normalized spacial score (nSPS) is 22.6. The van der Waals surface area contributed by atoms with E-state index >= 15 is 0 Å². The Morgan fingerprint density at radius 2 is 2.05 bits per heavy atom. The molecule has 0 radical (unpaired) electrons. The highest BCUT2D eigenvalue weighted by Crippen LogP contribution is 2.47. The Labute approximate surface area is 128 Å². The molecule has 3 atom stereocenters. The molecule has 1 fully saturated rings. The van der Waals surface area contributed by atoms with Crippen LogP contribution in [0.5, 0.6) is 0 Å². The largest absolute Gasteiger partial charge is 0.393 e. The molecule has 1 aliphatic carbocycles. The van der Waals surface area contributed by atoms with Gasteiger partial charge in [-0.15, -0.1) is 0 Å². The summed E-state index contributed by atoms with van der Waals surface area (Å²) in [6.45, 7) is 4.52. The molecule has 4 heteroatoms. The van der Waals surface area contributed by atoms with Crippen LogP contribution < -0.4 is 5.32 Å². The van der Waals surface area contributed by atoms with Crippen LogP contribution in [0, 0.1) is 11.8 Å². The average molecular weight is 340 g/mol. The number of aliphatic hydroxyl groups is 1. The number of rotatable bonds is 6. The summed E-state index contributed by atoms with van der Waals surface area (Å²) in [6.07, 6.45) is 1.22. The fourth-order valence-electron chi connectivity index (χ4n) is 2.37. The third kappa shape index (κ3) is 4.06. The predicted molar refractivity (Wildman–Crippen MR) is 83.5 cm³/mol. The summed E-state index contributed by atoms with van der Waals surface area (Å²) in [6, 6.07) is 8.18. The van der Waals surface area contributed by atoms with Crippen molar-refractivity contribution >= 4 is 21.8 Å². The molecule has 1 amide bonds. The lowest BCUT2D eigenvalue weighted by atomic mass is 10.0. The van der Waals surface area contributed by atoms with E-state index in [0.29, 0.717) is 18.9 Å². The molecule has 110 valence electrons. The first-order valence-electron chi connectivity index (χ1n) is 7.20. The predicted octanol–water partition coefficient (Wildman–Crippen LogP) is 3.08. The zero-order valence-corrected chi connectivity index (χ0v) is 13.6. The minimum absolute atomic E-state index is 0.104. The molecule has 3 unspecified atom stereocenters. The molecule has 1 aliphatic rings. The molecule has 0 saturated heterocycles. The van der Waals surface area contributed by atoms with Crippen molar-refractivity contribution in [1.82, 2.24) is 5.32 Å². The highest BCUT2D eigenvalue weighted by Gasteiger charge is 2.43. The first-order chi connectivity index (χ1) is 9.49. The minimum Gasteiger partial charge on any atom is -0.393 e. The van der Waals surface area contributed by atoms with Gasteiger partial charge in [-0.05, 0) is 42.4 Å². The van der Waals surface area contributed by atoms with Gasteiger partial charge in [0.15, 0.2) is 0 Å². The van der Waals surface area contributed by atoms with Crippen molar-refractivity contribution in [2.24, 2.45) is 11.8 Å². The van der Waals surface area contributed by atoms with Gasteiger partial charge in [0.25, 0.3) is 0 Å². The summed E-state index contributed by atoms with van der Waals surface area (Å²) >= 11 is 3.42. The van der Waals surface area contributed by atoms with Gasteiger partial charge in [-0.2, -0.15) is 0 Å². The van der Waals surface area contributed by atoms with Crippen LogP contribution in [0.2, 0.25) is 0 Å². The Hall–Kier alpha value is -0.870. The van der Waals surface area contributed by atoms with E-state index in [9.17, 15) is 9.90 Å². The second kappa shape index (κ2) is 6.72. The maximum absolute atomic E-state index is 12.0. The van der Waals surface area contributed by atoms with Crippen LogP contribution in [0.25, 0.3) is 0 Å². The van der Waals surface area contributed by atoms with Crippen LogP contribution in [0.1, 0.15) is 38.2 Å². The molecular weight excluding hydrogens is 318 g/mol. The molecule has 1 aromatic carbocycles. The van der Waals surface area contributed by atoms with Crippen LogP contribution in [0.15, 0.2) is 28.7 Å². The Balaban J connectivity index is 1.74. The van der Waals surface area contributed by atoms with Crippen LogP contribution in [0.3, 0.4) is 0 Å². The first kappa shape index (κ1) is 15.5. The summed E-state index contributed by atoms with van der Waals surface area (Å²) < 4.78 is 1.06. The topological polar surface area (TPSA) is 49.3 Å². The Bertz CT molecular complexity index is 458. The van der Waals surface area contributed by atoms with Crippen molar-refractivity contribution in [2.45, 2.75) is 38.7 Å². The molecule has 3 nitrogen and oxygen atoms in total. The summed E-state index contributed by atoms with van der Waals surface area (Å²) in [4.78, 5) is 12.0. The van der Waals surface area contributed by atoms with Gasteiger partial charge in [-0.1, -0.05) is 41.9 Å². The van der Waals surface area contributed by atoms with Crippen molar-refractivity contribution in [3.63, 3.8) is 0 Å². The number of nitrogens with one attached hydrogen (secondary N) is 1. The molecule has 0 aliphatic heterocycles.